The van der Waals surface area contributed by atoms with E-state index in [1.807, 2.05) is 24.3 Å². The number of hydrazine groups is 1. The minimum atomic E-state index is -0.328. The lowest BCUT2D eigenvalue weighted by molar-refractivity contribution is -0.900. The third-order valence-electron chi connectivity index (χ3n) is 5.42. The quantitative estimate of drug-likeness (QED) is 0.511. The van der Waals surface area contributed by atoms with Crippen LogP contribution in [-0.4, -0.2) is 49.7 Å². The van der Waals surface area contributed by atoms with Crippen LogP contribution in [0.15, 0.2) is 59.1 Å². The summed E-state index contributed by atoms with van der Waals surface area (Å²) >= 11 is 0. The molecule has 4 rings (SSSR count). The van der Waals surface area contributed by atoms with Crippen molar-refractivity contribution < 1.29 is 19.0 Å². The third-order valence-corrected chi connectivity index (χ3v) is 5.42. The van der Waals surface area contributed by atoms with Crippen LogP contribution in [0.5, 0.6) is 0 Å². The predicted molar refractivity (Wildman–Crippen MR) is 113 cm³/mol. The number of para-hydroxylation sites is 2. The van der Waals surface area contributed by atoms with Crippen LogP contribution in [0.1, 0.15) is 12.1 Å². The maximum Gasteiger partial charge on any atom is 0.244 e. The van der Waals surface area contributed by atoms with Crippen molar-refractivity contribution in [3.63, 3.8) is 0 Å². The number of amides is 2. The van der Waals surface area contributed by atoms with Gasteiger partial charge in [-0.2, -0.15) is 0 Å². The molecule has 0 spiro atoms. The zero-order chi connectivity index (χ0) is 20.8. The molecule has 1 saturated heterocycles. The van der Waals surface area contributed by atoms with E-state index in [9.17, 15) is 9.59 Å². The monoisotopic (exact) mass is 408 g/mol. The van der Waals surface area contributed by atoms with E-state index in [-0.39, 0.29) is 18.2 Å². The highest BCUT2D eigenvalue weighted by Crippen LogP contribution is 2.17. The smallest absolute Gasteiger partial charge is 0.244 e. The largest absolute Gasteiger partial charge is 0.360 e. The number of rotatable bonds is 6. The summed E-state index contributed by atoms with van der Waals surface area (Å²) in [6, 6.07) is 17.8. The number of piperazine rings is 1. The third kappa shape index (κ3) is 4.96. The van der Waals surface area contributed by atoms with E-state index in [1.54, 1.807) is 6.07 Å². The van der Waals surface area contributed by atoms with Gasteiger partial charge in [-0.1, -0.05) is 35.5 Å². The van der Waals surface area contributed by atoms with Crippen LogP contribution in [0, 0.1) is 0 Å². The van der Waals surface area contributed by atoms with Gasteiger partial charge in [-0.25, -0.2) is 0 Å². The molecular formula is C22H26N5O3+. The summed E-state index contributed by atoms with van der Waals surface area (Å²) in [6.45, 7) is 4.69. The number of nitrogens with zero attached hydrogens (tertiary/aromatic N) is 2. The zero-order valence-corrected chi connectivity index (χ0v) is 16.8. The van der Waals surface area contributed by atoms with Crippen molar-refractivity contribution >= 4 is 28.5 Å². The molecule has 1 aliphatic rings. The van der Waals surface area contributed by atoms with E-state index >= 15 is 0 Å². The molecule has 0 bridgehead atoms. The Morgan fingerprint density at radius 2 is 1.67 bits per heavy atom. The van der Waals surface area contributed by atoms with Gasteiger partial charge in [-0.05, 0) is 24.3 Å². The van der Waals surface area contributed by atoms with Crippen LogP contribution in [0.2, 0.25) is 0 Å². The number of fused-ring (bicyclic) bond motifs is 1. The van der Waals surface area contributed by atoms with E-state index in [0.717, 1.165) is 38.1 Å². The highest BCUT2D eigenvalue weighted by atomic mass is 16.5. The first-order valence-electron chi connectivity index (χ1n) is 10.2. The van der Waals surface area contributed by atoms with Gasteiger partial charge in [-0.15, -0.1) is 0 Å². The van der Waals surface area contributed by atoms with E-state index in [4.69, 9.17) is 4.52 Å². The van der Waals surface area contributed by atoms with Crippen molar-refractivity contribution in [2.45, 2.75) is 12.8 Å². The molecule has 0 aliphatic carbocycles. The molecule has 1 fully saturated rings. The van der Waals surface area contributed by atoms with Gasteiger partial charge in [0, 0.05) is 11.1 Å². The van der Waals surface area contributed by atoms with Gasteiger partial charge >= 0.3 is 0 Å². The molecule has 1 aliphatic heterocycles. The summed E-state index contributed by atoms with van der Waals surface area (Å²) in [5, 5.41) is 4.74. The zero-order valence-electron chi connectivity index (χ0n) is 16.8. The molecule has 30 heavy (non-hydrogen) atoms. The highest BCUT2D eigenvalue weighted by Gasteiger charge is 2.21. The average molecular weight is 408 g/mol. The topological polar surface area (TPSA) is 91.9 Å². The van der Waals surface area contributed by atoms with Crippen LogP contribution in [-0.2, 0) is 16.0 Å². The van der Waals surface area contributed by atoms with Crippen LogP contribution in [0.25, 0.3) is 11.0 Å². The highest BCUT2D eigenvalue weighted by molar-refractivity contribution is 5.87. The molecule has 2 heterocycles. The first-order valence-corrected chi connectivity index (χ1v) is 10.2. The number of quaternary nitrogens is 1. The van der Waals surface area contributed by atoms with E-state index < -0.39 is 0 Å². The van der Waals surface area contributed by atoms with Crippen LogP contribution in [0.4, 0.5) is 5.69 Å². The van der Waals surface area contributed by atoms with Crippen LogP contribution >= 0.6 is 0 Å². The fourth-order valence-electron chi connectivity index (χ4n) is 3.72. The molecule has 3 N–H and O–H groups in total. The van der Waals surface area contributed by atoms with Gasteiger partial charge in [0.05, 0.1) is 45.6 Å². The van der Waals surface area contributed by atoms with Crippen molar-refractivity contribution in [1.82, 2.24) is 16.0 Å². The number of carbonyl (C=O) groups is 2. The summed E-state index contributed by atoms with van der Waals surface area (Å²) in [4.78, 5) is 28.0. The van der Waals surface area contributed by atoms with Crippen molar-refractivity contribution in [3.8, 4) is 0 Å². The Morgan fingerprint density at radius 3 is 2.47 bits per heavy atom. The molecule has 2 amide bonds. The standard InChI is InChI=1S/C22H25N5O3/c28-21(10-11-26-12-14-27(15-13-26)17-6-2-1-3-7-17)23-24-22(29)16-19-18-8-4-5-9-20(18)30-25-19/h1-9H,10-16H2,(H,23,28)(H,24,29)/p+1. The van der Waals surface area contributed by atoms with Gasteiger partial charge in [-0.3, -0.25) is 20.4 Å². The number of carbonyl (C=O) groups excluding carboxylic acids is 2. The normalized spacial score (nSPS) is 14.6. The molecule has 0 radical (unpaired) electrons. The Morgan fingerprint density at radius 1 is 0.967 bits per heavy atom. The fraction of sp³-hybridized carbons (Fsp3) is 0.318. The second-order valence-electron chi connectivity index (χ2n) is 7.47. The van der Waals surface area contributed by atoms with Crippen molar-refractivity contribution in [2.75, 3.05) is 37.6 Å². The summed E-state index contributed by atoms with van der Waals surface area (Å²) in [5.74, 6) is -0.516. The number of hydrogen-bond acceptors (Lipinski definition) is 5. The molecule has 1 aromatic heterocycles. The van der Waals surface area contributed by atoms with Crippen LogP contribution in [0.3, 0.4) is 0 Å². The Bertz CT molecular complexity index is 996. The van der Waals surface area contributed by atoms with Crippen molar-refractivity contribution in [1.29, 1.82) is 0 Å². The summed E-state index contributed by atoms with van der Waals surface area (Å²) in [6.07, 6.45) is 0.415. The number of anilines is 1. The lowest BCUT2D eigenvalue weighted by Gasteiger charge is -2.33. The number of aromatic nitrogens is 1. The Labute approximate surface area is 174 Å². The molecule has 2 aromatic carbocycles. The molecule has 0 saturated carbocycles. The minimum Gasteiger partial charge on any atom is -0.360 e. The van der Waals surface area contributed by atoms with E-state index in [1.165, 1.54) is 10.6 Å². The Kier molecular flexibility index (Phi) is 6.24. The predicted octanol–water partition coefficient (Wildman–Crippen LogP) is 0.313. The van der Waals surface area contributed by atoms with Gasteiger partial charge in [0.15, 0.2) is 5.58 Å². The first-order chi connectivity index (χ1) is 14.7. The lowest BCUT2D eigenvalue weighted by atomic mass is 10.2. The van der Waals surface area contributed by atoms with Gasteiger partial charge in [0.1, 0.15) is 5.69 Å². The molecular weight excluding hydrogens is 382 g/mol. The molecule has 156 valence electrons. The average Bonchev–Trinajstić information content (AvgIpc) is 3.20. The minimum absolute atomic E-state index is 0.0456. The molecule has 8 nitrogen and oxygen atoms in total. The van der Waals surface area contributed by atoms with Gasteiger partial charge in [0.25, 0.3) is 0 Å². The lowest BCUT2D eigenvalue weighted by Crippen LogP contribution is -3.15. The van der Waals surface area contributed by atoms with Crippen molar-refractivity contribution in [3.05, 3.63) is 60.3 Å². The number of hydrogen-bond donors (Lipinski definition) is 3. The number of benzene rings is 2. The second kappa shape index (κ2) is 9.41. The molecule has 8 heteroatoms. The fourth-order valence-corrected chi connectivity index (χ4v) is 3.72. The second-order valence-corrected chi connectivity index (χ2v) is 7.47. The SMILES string of the molecule is O=C(CC[NH+]1CCN(c2ccccc2)CC1)NNC(=O)Cc1noc2ccccc12. The Balaban J connectivity index is 1.15. The van der Waals surface area contributed by atoms with Crippen molar-refractivity contribution in [2.24, 2.45) is 0 Å². The molecule has 0 unspecified atom stereocenters. The van der Waals surface area contributed by atoms with Gasteiger partial charge in [0.2, 0.25) is 11.8 Å². The number of nitrogens with one attached hydrogen (secondary N) is 3. The summed E-state index contributed by atoms with van der Waals surface area (Å²) in [7, 11) is 0. The van der Waals surface area contributed by atoms with E-state index in [2.05, 4.69) is 45.2 Å². The van der Waals surface area contributed by atoms with E-state index in [0.29, 0.717) is 17.7 Å². The maximum absolute atomic E-state index is 12.1. The maximum atomic E-state index is 12.1. The summed E-state index contributed by atoms with van der Waals surface area (Å²) in [5.41, 5.74) is 7.40. The van der Waals surface area contributed by atoms with Gasteiger partial charge < -0.3 is 14.3 Å². The first kappa shape index (κ1) is 19.9. The molecule has 0 atom stereocenters. The summed E-state index contributed by atoms with van der Waals surface area (Å²) < 4.78 is 5.19. The Hall–Kier alpha value is -3.39. The molecule has 3 aromatic rings. The van der Waals surface area contributed by atoms with Crippen LogP contribution < -0.4 is 20.7 Å².